The first-order chi connectivity index (χ1) is 34.1. The number of carbonyl (C=O) groups is 2. The Labute approximate surface area is 444 Å². The number of ether oxygens (including phenoxy) is 4. The molecule has 0 heterocycles. The molecule has 2 amide bonds. The number of rotatable bonds is 20. The van der Waals surface area contributed by atoms with Crippen molar-refractivity contribution in [3.63, 3.8) is 0 Å². The van der Waals surface area contributed by atoms with Crippen molar-refractivity contribution in [3.8, 4) is 11.5 Å². The summed E-state index contributed by atoms with van der Waals surface area (Å²) in [7, 11) is 0. The van der Waals surface area contributed by atoms with E-state index >= 15 is 0 Å². The molecule has 0 bridgehead atoms. The van der Waals surface area contributed by atoms with Crippen LogP contribution in [0.3, 0.4) is 0 Å². The summed E-state index contributed by atoms with van der Waals surface area (Å²) in [5.74, 6) is 1.62. The Hall–Kier alpha value is -5.34. The van der Waals surface area contributed by atoms with Gasteiger partial charge in [0.2, 0.25) is 0 Å². The van der Waals surface area contributed by atoms with E-state index in [2.05, 4.69) is 10.6 Å². The summed E-state index contributed by atoms with van der Waals surface area (Å²) in [6, 6.07) is 48.0. The molecule has 2 unspecified atom stereocenters. The molecule has 0 aliphatic heterocycles. The maximum atomic E-state index is 12.2. The summed E-state index contributed by atoms with van der Waals surface area (Å²) in [4.78, 5) is 28.5. The van der Waals surface area contributed by atoms with Gasteiger partial charge in [-0.1, -0.05) is 132 Å². The van der Waals surface area contributed by atoms with Crippen LogP contribution in [0.15, 0.2) is 165 Å². The van der Waals surface area contributed by atoms with Gasteiger partial charge in [-0.05, 0) is 164 Å². The highest BCUT2D eigenvalue weighted by Gasteiger charge is 2.30. The molecule has 10 nitrogen and oxygen atoms in total. The first kappa shape index (κ1) is 57.6. The Morgan fingerprint density at radius 1 is 0.486 bits per heavy atom. The van der Waals surface area contributed by atoms with Gasteiger partial charge >= 0.3 is 12.2 Å². The monoisotopic (exact) mass is 1050 g/mol. The van der Waals surface area contributed by atoms with Crippen LogP contribution in [0.2, 0.25) is 10.0 Å². The minimum atomic E-state index is -0.820. The van der Waals surface area contributed by atoms with Crippen molar-refractivity contribution < 1.29 is 38.7 Å². The number of amides is 2. The van der Waals surface area contributed by atoms with E-state index in [0.29, 0.717) is 48.9 Å². The molecule has 2 atom stereocenters. The molecular formula is C58H68Cl2N2O8S2. The average Bonchev–Trinajstić information content (AvgIpc) is 3.32. The molecule has 0 aromatic heterocycles. The first-order valence-corrected chi connectivity index (χ1v) is 26.2. The van der Waals surface area contributed by atoms with Crippen LogP contribution < -0.4 is 20.1 Å². The summed E-state index contributed by atoms with van der Waals surface area (Å²) in [6.45, 7) is 15.0. The fourth-order valence-corrected chi connectivity index (χ4v) is 9.37. The molecule has 0 spiro atoms. The lowest BCUT2D eigenvalue weighted by Crippen LogP contribution is -2.50. The van der Waals surface area contributed by atoms with Crippen LogP contribution in [-0.2, 0) is 35.5 Å². The zero-order valence-electron chi connectivity index (χ0n) is 42.4. The smallest absolute Gasteiger partial charge is 0.408 e. The quantitative estimate of drug-likeness (QED) is 0.0585. The number of aryl methyl sites for hydroxylation is 2. The number of aliphatic hydroxyl groups excluding tert-OH is 2. The van der Waals surface area contributed by atoms with Crippen molar-refractivity contribution in [1.29, 1.82) is 0 Å². The zero-order chi connectivity index (χ0) is 52.4. The summed E-state index contributed by atoms with van der Waals surface area (Å²) >= 11 is 16.4. The SMILES string of the molecule is CC(CO)(CCc1ccc(Sc2cccc(OCc3ccccc3)c2)cc1Cl)NC(=O)OC(C)(C)C.CC(CO)(CCc1ccc(Sc2cccc(OCc3ccccc3)c2)cc1Cl)NC(=O)OC(C)(C)C. The van der Waals surface area contributed by atoms with Crippen molar-refractivity contribution in [2.45, 2.75) is 136 Å². The Morgan fingerprint density at radius 3 is 1.18 bits per heavy atom. The molecule has 0 radical (unpaired) electrons. The van der Waals surface area contributed by atoms with Crippen LogP contribution in [0.4, 0.5) is 9.59 Å². The fourth-order valence-electron chi connectivity index (χ4n) is 6.88. The van der Waals surface area contributed by atoms with Crippen LogP contribution in [-0.4, -0.2) is 57.9 Å². The molecule has 6 rings (SSSR count). The lowest BCUT2D eigenvalue weighted by atomic mass is 9.94. The minimum absolute atomic E-state index is 0.208. The molecule has 0 fully saturated rings. The second kappa shape index (κ2) is 27.1. The average molecular weight is 1060 g/mol. The van der Waals surface area contributed by atoms with E-state index in [9.17, 15) is 19.8 Å². The standard InChI is InChI=1S/2C29H34ClNO4S/c2*1-28(2,3)35-27(33)31-29(4,20-32)16-15-22-13-14-25(18-26(22)30)36-24-12-8-11-23(17-24)34-19-21-9-6-5-7-10-21/h2*5-14,17-18,32H,15-16,19-20H2,1-4H3,(H,31,33). The zero-order valence-corrected chi connectivity index (χ0v) is 45.6. The second-order valence-electron chi connectivity index (χ2n) is 19.9. The van der Waals surface area contributed by atoms with Gasteiger partial charge in [-0.3, -0.25) is 0 Å². The third-order valence-corrected chi connectivity index (χ3v) is 13.5. The number of halogens is 2. The summed E-state index contributed by atoms with van der Waals surface area (Å²) in [5.41, 5.74) is 1.29. The Morgan fingerprint density at radius 2 is 0.847 bits per heavy atom. The number of nitrogens with one attached hydrogen (secondary N) is 2. The number of hydrogen-bond acceptors (Lipinski definition) is 10. The van der Waals surface area contributed by atoms with Gasteiger partial charge in [0.05, 0.1) is 24.3 Å². The van der Waals surface area contributed by atoms with Crippen LogP contribution in [0.25, 0.3) is 0 Å². The van der Waals surface area contributed by atoms with Crippen LogP contribution in [0, 0.1) is 0 Å². The third kappa shape index (κ3) is 20.6. The Balaban J connectivity index is 0.000000267. The van der Waals surface area contributed by atoms with Crippen molar-refractivity contribution >= 4 is 58.9 Å². The maximum absolute atomic E-state index is 12.2. The number of hydrogen-bond donors (Lipinski definition) is 4. The summed E-state index contributed by atoms with van der Waals surface area (Å²) in [6.07, 6.45) is 1.11. The Bertz CT molecular complexity index is 2480. The van der Waals surface area contributed by atoms with Gasteiger partial charge in [0.25, 0.3) is 0 Å². The molecule has 0 aliphatic rings. The van der Waals surface area contributed by atoms with Gasteiger partial charge < -0.3 is 39.8 Å². The Kier molecular flexibility index (Phi) is 21.7. The van der Waals surface area contributed by atoms with E-state index < -0.39 is 34.5 Å². The highest BCUT2D eigenvalue weighted by molar-refractivity contribution is 7.99. The van der Waals surface area contributed by atoms with Crippen molar-refractivity contribution in [1.82, 2.24) is 10.6 Å². The molecule has 72 heavy (non-hydrogen) atoms. The van der Waals surface area contributed by atoms with E-state index in [1.807, 2.05) is 146 Å². The van der Waals surface area contributed by atoms with Gasteiger partial charge in [0.15, 0.2) is 0 Å². The van der Waals surface area contributed by atoms with Gasteiger partial charge in [0.1, 0.15) is 35.9 Å². The minimum Gasteiger partial charge on any atom is -0.489 e. The van der Waals surface area contributed by atoms with E-state index in [4.69, 9.17) is 42.1 Å². The van der Waals surface area contributed by atoms with Gasteiger partial charge in [-0.15, -0.1) is 0 Å². The molecule has 4 N–H and O–H groups in total. The highest BCUT2D eigenvalue weighted by Crippen LogP contribution is 2.35. The van der Waals surface area contributed by atoms with Crippen LogP contribution in [0.1, 0.15) is 90.5 Å². The number of alkyl carbamates (subject to hydrolysis) is 2. The first-order valence-electron chi connectivity index (χ1n) is 23.8. The predicted octanol–water partition coefficient (Wildman–Crippen LogP) is 14.6. The summed E-state index contributed by atoms with van der Waals surface area (Å²) < 4.78 is 22.5. The molecule has 14 heteroatoms. The van der Waals surface area contributed by atoms with Crippen LogP contribution in [0.5, 0.6) is 11.5 Å². The van der Waals surface area contributed by atoms with Crippen molar-refractivity contribution in [2.75, 3.05) is 13.2 Å². The summed E-state index contributed by atoms with van der Waals surface area (Å²) in [5, 5.41) is 26.7. The van der Waals surface area contributed by atoms with E-state index in [1.165, 1.54) is 0 Å². The second-order valence-corrected chi connectivity index (χ2v) is 23.0. The molecule has 0 saturated heterocycles. The van der Waals surface area contributed by atoms with E-state index in [1.54, 1.807) is 78.9 Å². The van der Waals surface area contributed by atoms with Crippen LogP contribution >= 0.6 is 46.7 Å². The van der Waals surface area contributed by atoms with Crippen molar-refractivity contribution in [2.24, 2.45) is 0 Å². The molecule has 384 valence electrons. The predicted molar refractivity (Wildman–Crippen MR) is 292 cm³/mol. The highest BCUT2D eigenvalue weighted by atomic mass is 35.5. The fraction of sp³-hybridized carbons (Fsp3) is 0.345. The topological polar surface area (TPSA) is 136 Å². The maximum Gasteiger partial charge on any atom is 0.408 e. The van der Waals surface area contributed by atoms with E-state index in [-0.39, 0.29) is 13.2 Å². The lowest BCUT2D eigenvalue weighted by Gasteiger charge is -2.30. The number of benzene rings is 6. The van der Waals surface area contributed by atoms with Gasteiger partial charge in [0, 0.05) is 29.6 Å². The molecule has 0 aliphatic carbocycles. The molecule has 6 aromatic carbocycles. The van der Waals surface area contributed by atoms with Gasteiger partial charge in [-0.25, -0.2) is 9.59 Å². The molecule has 0 saturated carbocycles. The van der Waals surface area contributed by atoms with E-state index in [0.717, 1.165) is 53.3 Å². The van der Waals surface area contributed by atoms with Crippen molar-refractivity contribution in [3.05, 3.63) is 178 Å². The lowest BCUT2D eigenvalue weighted by molar-refractivity contribution is 0.0396. The van der Waals surface area contributed by atoms with Gasteiger partial charge in [-0.2, -0.15) is 0 Å². The third-order valence-electron chi connectivity index (χ3n) is 10.8. The largest absolute Gasteiger partial charge is 0.489 e. The normalized spacial score (nSPS) is 13.1. The number of aliphatic hydroxyl groups is 2. The number of carbonyl (C=O) groups excluding carboxylic acids is 2. The molecule has 6 aromatic rings. The molecular weight excluding hydrogens is 988 g/mol.